The predicted octanol–water partition coefficient (Wildman–Crippen LogP) is 3.26. The molecule has 1 fully saturated rings. The number of aromatic carboxylic acids is 1. The number of carbonyl (C=O) groups excluding carboxylic acids is 1. The maximum absolute atomic E-state index is 15.1. The van der Waals surface area contributed by atoms with E-state index in [0.717, 1.165) is 24.3 Å². The fraction of sp³-hybridized carbons (Fsp3) is 0.269. The Morgan fingerprint density at radius 1 is 1.17 bits per heavy atom. The number of amidine groups is 1. The van der Waals surface area contributed by atoms with E-state index in [9.17, 15) is 27.9 Å². The number of nitrogens with two attached hydrogens (primary N) is 1. The number of morpholine rings is 1. The largest absolute Gasteiger partial charge is 0.477 e. The number of aliphatic imine (C=N–C) groups is 1. The van der Waals surface area contributed by atoms with Gasteiger partial charge >= 0.3 is 18.2 Å². The summed E-state index contributed by atoms with van der Waals surface area (Å²) >= 11 is 0. The number of alkyl halides is 3. The number of hydrogen-bond acceptors (Lipinski definition) is 7. The van der Waals surface area contributed by atoms with Gasteiger partial charge in [-0.2, -0.15) is 13.2 Å². The van der Waals surface area contributed by atoms with Crippen molar-refractivity contribution in [3.8, 4) is 11.1 Å². The summed E-state index contributed by atoms with van der Waals surface area (Å²) in [5.41, 5.74) is 5.55. The number of halogens is 4. The minimum Gasteiger partial charge on any atom is -0.477 e. The van der Waals surface area contributed by atoms with Crippen LogP contribution in [0.15, 0.2) is 53.5 Å². The summed E-state index contributed by atoms with van der Waals surface area (Å²) in [5.74, 6) is -2.04. The topological polar surface area (TPSA) is 146 Å². The number of urea groups is 1. The average molecular weight is 576 g/mol. The first-order chi connectivity index (χ1) is 19.5. The van der Waals surface area contributed by atoms with Crippen molar-refractivity contribution in [3.05, 3.63) is 71.3 Å². The molecule has 15 heteroatoms. The monoisotopic (exact) mass is 575 g/mol. The van der Waals surface area contributed by atoms with Gasteiger partial charge in [-0.3, -0.25) is 5.01 Å². The summed E-state index contributed by atoms with van der Waals surface area (Å²) in [6.45, 7) is 2.21. The van der Waals surface area contributed by atoms with Crippen molar-refractivity contribution >= 4 is 29.2 Å². The first-order valence-electron chi connectivity index (χ1n) is 12.4. The van der Waals surface area contributed by atoms with E-state index in [1.54, 1.807) is 5.01 Å². The van der Waals surface area contributed by atoms with Crippen LogP contribution in [-0.4, -0.2) is 66.6 Å². The first-order valence-corrected chi connectivity index (χ1v) is 12.4. The van der Waals surface area contributed by atoms with E-state index in [-0.39, 0.29) is 46.9 Å². The molecule has 2 aliphatic heterocycles. The lowest BCUT2D eigenvalue weighted by atomic mass is 10.0. The normalized spacial score (nSPS) is 17.0. The number of amides is 2. The molecule has 0 bridgehead atoms. The Labute approximate surface area is 230 Å². The molecule has 0 saturated carbocycles. The number of ether oxygens (including phenoxy) is 1. The molecule has 1 aromatic heterocycles. The van der Waals surface area contributed by atoms with Crippen molar-refractivity contribution in [1.29, 1.82) is 0 Å². The molecule has 1 saturated heterocycles. The van der Waals surface area contributed by atoms with Crippen LogP contribution in [0.1, 0.15) is 21.7 Å². The zero-order chi connectivity index (χ0) is 29.3. The number of carbonyl (C=O) groups is 2. The molecule has 2 aromatic carbocycles. The zero-order valence-corrected chi connectivity index (χ0v) is 21.3. The summed E-state index contributed by atoms with van der Waals surface area (Å²) < 4.78 is 61.2. The van der Waals surface area contributed by atoms with Crippen molar-refractivity contribution in [2.75, 3.05) is 48.6 Å². The third kappa shape index (κ3) is 5.95. The first kappa shape index (κ1) is 27.9. The van der Waals surface area contributed by atoms with Crippen molar-refractivity contribution in [1.82, 2.24) is 9.99 Å². The van der Waals surface area contributed by atoms with Gasteiger partial charge in [-0.25, -0.2) is 23.6 Å². The average Bonchev–Trinajstić information content (AvgIpc) is 3.34. The smallest absolute Gasteiger partial charge is 0.416 e. The number of fused-ring (bicyclic) bond motifs is 1. The molecule has 1 unspecified atom stereocenters. The highest BCUT2D eigenvalue weighted by Gasteiger charge is 2.32. The van der Waals surface area contributed by atoms with Crippen LogP contribution in [-0.2, 0) is 10.9 Å². The van der Waals surface area contributed by atoms with Gasteiger partial charge in [-0.1, -0.05) is 12.1 Å². The standard InChI is InChI=1S/C26H25F4N7O4/c27-19-8-14(4-5-20(19)35-25(40)34-16-3-1-2-15(9-16)26(28,29)30)18-10-21(24(38)39)37-22(18)23(31)33-13-36(37)12-17-11-32-6-7-41-17/h1-5,8-10,17,32H,6-7,11-13H2,(H2,31,33)(H,38,39)(H2,34,35,40). The van der Waals surface area contributed by atoms with Crippen LogP contribution in [0.4, 0.5) is 33.7 Å². The maximum Gasteiger partial charge on any atom is 0.416 e. The molecule has 1 atom stereocenters. The van der Waals surface area contributed by atoms with E-state index in [1.165, 1.54) is 28.9 Å². The Morgan fingerprint density at radius 2 is 1.98 bits per heavy atom. The minimum atomic E-state index is -4.60. The highest BCUT2D eigenvalue weighted by atomic mass is 19.4. The third-order valence-electron chi connectivity index (χ3n) is 6.52. The Bertz CT molecular complexity index is 1520. The van der Waals surface area contributed by atoms with Crippen molar-refractivity contribution in [2.45, 2.75) is 12.3 Å². The third-order valence-corrected chi connectivity index (χ3v) is 6.52. The summed E-state index contributed by atoms with van der Waals surface area (Å²) in [6, 6.07) is 8.18. The molecular weight excluding hydrogens is 550 g/mol. The quantitative estimate of drug-likeness (QED) is 0.284. The molecule has 41 heavy (non-hydrogen) atoms. The molecule has 2 amide bonds. The molecule has 11 nitrogen and oxygen atoms in total. The number of nitrogens with zero attached hydrogens (tertiary/aromatic N) is 3. The van der Waals surface area contributed by atoms with E-state index in [0.29, 0.717) is 31.8 Å². The lowest BCUT2D eigenvalue weighted by molar-refractivity contribution is -0.137. The number of anilines is 2. The number of carboxylic acids is 1. The fourth-order valence-electron chi connectivity index (χ4n) is 4.66. The van der Waals surface area contributed by atoms with Gasteiger partial charge in [0.05, 0.1) is 30.5 Å². The van der Waals surface area contributed by atoms with E-state index in [4.69, 9.17) is 10.5 Å². The second-order valence-electron chi connectivity index (χ2n) is 9.33. The highest BCUT2D eigenvalue weighted by molar-refractivity contribution is 6.06. The Hall–Kier alpha value is -4.63. The van der Waals surface area contributed by atoms with Crippen molar-refractivity contribution in [3.63, 3.8) is 0 Å². The number of hydrogen-bond donors (Lipinski definition) is 5. The maximum atomic E-state index is 15.1. The van der Waals surface area contributed by atoms with E-state index < -0.39 is 29.6 Å². The second kappa shape index (κ2) is 11.1. The van der Waals surface area contributed by atoms with Gasteiger partial charge in [0.2, 0.25) is 0 Å². The number of carboxylic acid groups (broad SMARTS) is 1. The van der Waals surface area contributed by atoms with Gasteiger partial charge in [-0.05, 0) is 42.0 Å². The van der Waals surface area contributed by atoms with Crippen LogP contribution >= 0.6 is 0 Å². The van der Waals surface area contributed by atoms with Crippen LogP contribution < -0.4 is 26.7 Å². The van der Waals surface area contributed by atoms with Gasteiger partial charge in [0.25, 0.3) is 0 Å². The van der Waals surface area contributed by atoms with E-state index in [2.05, 4.69) is 20.9 Å². The summed E-state index contributed by atoms with van der Waals surface area (Å²) in [6.07, 6.45) is -4.82. The molecule has 5 rings (SSSR count). The molecule has 0 radical (unpaired) electrons. The van der Waals surface area contributed by atoms with E-state index in [1.807, 2.05) is 0 Å². The van der Waals surface area contributed by atoms with Crippen LogP contribution in [0.3, 0.4) is 0 Å². The lowest BCUT2D eigenvalue weighted by Gasteiger charge is -2.35. The lowest BCUT2D eigenvalue weighted by Crippen LogP contribution is -2.52. The number of nitrogens with one attached hydrogen (secondary N) is 3. The number of benzene rings is 2. The van der Waals surface area contributed by atoms with Gasteiger partial charge in [0.1, 0.15) is 29.7 Å². The fourth-order valence-corrected chi connectivity index (χ4v) is 4.66. The minimum absolute atomic E-state index is 0.0644. The number of rotatable bonds is 6. The molecule has 3 aromatic rings. The molecule has 3 heterocycles. The second-order valence-corrected chi connectivity index (χ2v) is 9.33. The Morgan fingerprint density at radius 3 is 2.66 bits per heavy atom. The van der Waals surface area contributed by atoms with Crippen LogP contribution in [0.2, 0.25) is 0 Å². The van der Waals surface area contributed by atoms with E-state index >= 15 is 4.39 Å². The summed E-state index contributed by atoms with van der Waals surface area (Å²) in [7, 11) is 0. The van der Waals surface area contributed by atoms with Crippen LogP contribution in [0.5, 0.6) is 0 Å². The van der Waals surface area contributed by atoms with Gasteiger partial charge in [0.15, 0.2) is 0 Å². The highest BCUT2D eigenvalue weighted by Crippen LogP contribution is 2.33. The molecule has 0 spiro atoms. The predicted molar refractivity (Wildman–Crippen MR) is 142 cm³/mol. The molecule has 0 aliphatic carbocycles. The summed E-state index contributed by atoms with van der Waals surface area (Å²) in [4.78, 5) is 28.9. The zero-order valence-electron chi connectivity index (χ0n) is 21.3. The van der Waals surface area contributed by atoms with Crippen LogP contribution in [0.25, 0.3) is 11.1 Å². The van der Waals surface area contributed by atoms with Gasteiger partial charge < -0.3 is 31.5 Å². The molecule has 6 N–H and O–H groups in total. The summed E-state index contributed by atoms with van der Waals surface area (Å²) in [5, 5.41) is 19.3. The van der Waals surface area contributed by atoms with Gasteiger partial charge in [0, 0.05) is 24.3 Å². The van der Waals surface area contributed by atoms with Gasteiger partial charge in [-0.15, -0.1) is 0 Å². The SMILES string of the molecule is NC1=NCN(CC2CNCCO2)n2c(C(=O)O)cc(-c3ccc(NC(=O)Nc4cccc(C(F)(F)F)c4)c(F)c3)c21. The Balaban J connectivity index is 1.39. The molecular formula is C26H25F4N7O4. The Kier molecular flexibility index (Phi) is 7.55. The molecule has 2 aliphatic rings. The molecule has 216 valence electrons. The van der Waals surface area contributed by atoms with Crippen molar-refractivity contribution in [2.24, 2.45) is 10.7 Å². The number of aromatic nitrogens is 1. The van der Waals surface area contributed by atoms with Crippen LogP contribution in [0, 0.1) is 5.82 Å². The van der Waals surface area contributed by atoms with Crippen molar-refractivity contribution < 1.29 is 37.0 Å².